The Balaban J connectivity index is 2.32. The molecule has 1 heterocycles. The second kappa shape index (κ2) is 6.68. The van der Waals surface area contributed by atoms with Gasteiger partial charge in [0.2, 0.25) is 0 Å². The van der Waals surface area contributed by atoms with Gasteiger partial charge in [0, 0.05) is 27.3 Å². The van der Waals surface area contributed by atoms with Gasteiger partial charge in [-0.2, -0.15) is 5.10 Å². The van der Waals surface area contributed by atoms with Crippen LogP contribution in [0.15, 0.2) is 39.5 Å². The number of rotatable bonds is 5. The molecule has 1 N–H and O–H groups in total. The van der Waals surface area contributed by atoms with E-state index in [1.165, 1.54) is 11.1 Å². The maximum Gasteiger partial charge on any atom is 0.0616 e. The van der Waals surface area contributed by atoms with Crippen LogP contribution < -0.4 is 5.32 Å². The van der Waals surface area contributed by atoms with Crippen LogP contribution in [0.3, 0.4) is 0 Å². The van der Waals surface area contributed by atoms with Gasteiger partial charge in [0.05, 0.1) is 12.2 Å². The fourth-order valence-electron chi connectivity index (χ4n) is 2.12. The van der Waals surface area contributed by atoms with Crippen molar-refractivity contribution < 1.29 is 0 Å². The normalized spacial score (nSPS) is 12.6. The first kappa shape index (κ1) is 14.8. The lowest BCUT2D eigenvalue weighted by Gasteiger charge is -2.17. The lowest BCUT2D eigenvalue weighted by molar-refractivity contribution is 0.600. The Bertz CT molecular complexity index is 551. The van der Waals surface area contributed by atoms with Gasteiger partial charge in [-0.1, -0.05) is 44.8 Å². The number of benzene rings is 1. The molecule has 2 aromatic rings. The van der Waals surface area contributed by atoms with Crippen LogP contribution in [-0.2, 0) is 6.54 Å². The second-order valence-electron chi connectivity index (χ2n) is 4.42. The molecule has 0 amide bonds. The molecule has 5 heteroatoms. The van der Waals surface area contributed by atoms with E-state index in [0.29, 0.717) is 0 Å². The largest absolute Gasteiger partial charge is 0.309 e. The van der Waals surface area contributed by atoms with Crippen molar-refractivity contribution in [2.45, 2.75) is 25.9 Å². The highest BCUT2D eigenvalue weighted by atomic mass is 79.9. The van der Waals surface area contributed by atoms with E-state index in [-0.39, 0.29) is 6.04 Å². The predicted octanol–water partition coefficient (Wildman–Crippen LogP) is 4.13. The first-order valence-electron chi connectivity index (χ1n) is 6.30. The van der Waals surface area contributed by atoms with E-state index in [2.05, 4.69) is 73.6 Å². The first-order valence-corrected chi connectivity index (χ1v) is 7.89. The van der Waals surface area contributed by atoms with Gasteiger partial charge in [0.25, 0.3) is 0 Å². The van der Waals surface area contributed by atoms with Crippen molar-refractivity contribution in [1.82, 2.24) is 15.1 Å². The number of nitrogens with zero attached hydrogens (tertiary/aromatic N) is 2. The Labute approximate surface area is 130 Å². The Hall–Kier alpha value is -0.650. The van der Waals surface area contributed by atoms with Crippen LogP contribution in [0, 0.1) is 0 Å². The van der Waals surface area contributed by atoms with E-state index in [4.69, 9.17) is 0 Å². The third kappa shape index (κ3) is 3.46. The fraction of sp³-hybridized carbons (Fsp3) is 0.357. The first-order chi connectivity index (χ1) is 9.15. The lowest BCUT2D eigenvalue weighted by Crippen LogP contribution is -2.17. The predicted molar refractivity (Wildman–Crippen MR) is 85.3 cm³/mol. The molecular formula is C14H17Br2N3. The quantitative estimate of drug-likeness (QED) is 0.837. The van der Waals surface area contributed by atoms with Gasteiger partial charge in [0.15, 0.2) is 0 Å². The van der Waals surface area contributed by atoms with Crippen LogP contribution in [0.25, 0.3) is 0 Å². The van der Waals surface area contributed by atoms with Crippen LogP contribution in [0.1, 0.15) is 30.5 Å². The van der Waals surface area contributed by atoms with E-state index in [1.54, 1.807) is 0 Å². The molecule has 0 aliphatic carbocycles. The standard InChI is InChI=1S/C14H17Br2N3/c1-3-6-19-9-10(8-18-19)14(17-2)12-5-4-11(15)7-13(12)16/h4-5,7-9,14,17H,3,6H2,1-2H3. The Morgan fingerprint density at radius 2 is 2.16 bits per heavy atom. The number of aromatic nitrogens is 2. The summed E-state index contributed by atoms with van der Waals surface area (Å²) in [5.41, 5.74) is 2.39. The molecule has 0 saturated heterocycles. The van der Waals surface area contributed by atoms with Gasteiger partial charge < -0.3 is 5.32 Å². The molecule has 1 atom stereocenters. The summed E-state index contributed by atoms with van der Waals surface area (Å²) in [6.07, 6.45) is 5.14. The molecule has 19 heavy (non-hydrogen) atoms. The van der Waals surface area contributed by atoms with Gasteiger partial charge in [0.1, 0.15) is 0 Å². The third-order valence-corrected chi connectivity index (χ3v) is 4.18. The molecule has 0 aliphatic heterocycles. The van der Waals surface area contributed by atoms with Gasteiger partial charge >= 0.3 is 0 Å². The summed E-state index contributed by atoms with van der Waals surface area (Å²) in [5.74, 6) is 0. The topological polar surface area (TPSA) is 29.9 Å². The van der Waals surface area contributed by atoms with Crippen molar-refractivity contribution in [3.8, 4) is 0 Å². The molecule has 1 aromatic heterocycles. The molecule has 102 valence electrons. The van der Waals surface area contributed by atoms with Gasteiger partial charge in [-0.15, -0.1) is 0 Å². The highest BCUT2D eigenvalue weighted by Gasteiger charge is 2.16. The van der Waals surface area contributed by atoms with Crippen molar-refractivity contribution in [1.29, 1.82) is 0 Å². The molecule has 3 nitrogen and oxygen atoms in total. The van der Waals surface area contributed by atoms with E-state index in [0.717, 1.165) is 21.9 Å². The van der Waals surface area contributed by atoms with E-state index in [1.807, 2.05) is 17.9 Å². The van der Waals surface area contributed by atoms with Crippen LogP contribution in [0.5, 0.6) is 0 Å². The third-order valence-electron chi connectivity index (χ3n) is 3.00. The summed E-state index contributed by atoms with van der Waals surface area (Å²) < 4.78 is 4.15. The molecule has 0 saturated carbocycles. The summed E-state index contributed by atoms with van der Waals surface area (Å²) in [6.45, 7) is 3.11. The molecule has 0 bridgehead atoms. The zero-order valence-corrected chi connectivity index (χ0v) is 14.2. The zero-order chi connectivity index (χ0) is 13.8. The fourth-order valence-corrected chi connectivity index (χ4v) is 3.39. The smallest absolute Gasteiger partial charge is 0.0616 e. The summed E-state index contributed by atoms with van der Waals surface area (Å²) in [7, 11) is 1.97. The molecule has 1 aromatic carbocycles. The molecule has 2 rings (SSSR count). The number of hydrogen-bond acceptors (Lipinski definition) is 2. The molecule has 0 fully saturated rings. The highest BCUT2D eigenvalue weighted by molar-refractivity contribution is 9.11. The van der Waals surface area contributed by atoms with E-state index in [9.17, 15) is 0 Å². The minimum Gasteiger partial charge on any atom is -0.309 e. The van der Waals surface area contributed by atoms with Crippen molar-refractivity contribution >= 4 is 31.9 Å². The average molecular weight is 387 g/mol. The van der Waals surface area contributed by atoms with Crippen molar-refractivity contribution in [3.05, 3.63) is 50.7 Å². The maximum atomic E-state index is 4.40. The number of aryl methyl sites for hydroxylation is 1. The second-order valence-corrected chi connectivity index (χ2v) is 6.19. The van der Waals surface area contributed by atoms with Gasteiger partial charge in [-0.05, 0) is 31.2 Å². The Morgan fingerprint density at radius 1 is 1.37 bits per heavy atom. The van der Waals surface area contributed by atoms with Crippen molar-refractivity contribution in [3.63, 3.8) is 0 Å². The number of hydrogen-bond donors (Lipinski definition) is 1. The molecule has 0 radical (unpaired) electrons. The lowest BCUT2D eigenvalue weighted by atomic mass is 10.0. The SMILES string of the molecule is CCCn1cc(C(NC)c2ccc(Br)cc2Br)cn1. The highest BCUT2D eigenvalue weighted by Crippen LogP contribution is 2.30. The Kier molecular flexibility index (Phi) is 5.19. The van der Waals surface area contributed by atoms with Crippen LogP contribution in [-0.4, -0.2) is 16.8 Å². The van der Waals surface area contributed by atoms with Crippen LogP contribution >= 0.6 is 31.9 Å². The zero-order valence-electron chi connectivity index (χ0n) is 11.0. The van der Waals surface area contributed by atoms with Crippen molar-refractivity contribution in [2.75, 3.05) is 7.05 Å². The summed E-state index contributed by atoms with van der Waals surface area (Å²) in [4.78, 5) is 0. The van der Waals surface area contributed by atoms with Crippen LogP contribution in [0.2, 0.25) is 0 Å². The molecule has 0 spiro atoms. The van der Waals surface area contributed by atoms with Gasteiger partial charge in [-0.3, -0.25) is 4.68 Å². The van der Waals surface area contributed by atoms with E-state index < -0.39 is 0 Å². The van der Waals surface area contributed by atoms with Crippen LogP contribution in [0.4, 0.5) is 0 Å². The maximum absolute atomic E-state index is 4.40. The number of halogens is 2. The summed E-state index contributed by atoms with van der Waals surface area (Å²) in [6, 6.07) is 6.39. The van der Waals surface area contributed by atoms with Crippen molar-refractivity contribution in [2.24, 2.45) is 0 Å². The monoisotopic (exact) mass is 385 g/mol. The average Bonchev–Trinajstić information content (AvgIpc) is 2.82. The summed E-state index contributed by atoms with van der Waals surface area (Å²) >= 11 is 7.11. The number of nitrogens with one attached hydrogen (secondary N) is 1. The van der Waals surface area contributed by atoms with E-state index >= 15 is 0 Å². The summed E-state index contributed by atoms with van der Waals surface area (Å²) in [5, 5.41) is 7.75. The molecular weight excluding hydrogens is 370 g/mol. The molecule has 0 aliphatic rings. The minimum absolute atomic E-state index is 0.146. The Morgan fingerprint density at radius 3 is 2.79 bits per heavy atom. The minimum atomic E-state index is 0.146. The van der Waals surface area contributed by atoms with Gasteiger partial charge in [-0.25, -0.2) is 0 Å². The molecule has 1 unspecified atom stereocenters.